The topological polar surface area (TPSA) is 56.7 Å². The van der Waals surface area contributed by atoms with Crippen LogP contribution in [-0.2, 0) is 0 Å². The van der Waals surface area contributed by atoms with Crippen LogP contribution >= 0.6 is 0 Å². The Balaban J connectivity index is 1.22. The van der Waals surface area contributed by atoms with Crippen LogP contribution in [0, 0.1) is 0 Å². The third kappa shape index (κ3) is 4.52. The predicted octanol–water partition coefficient (Wildman–Crippen LogP) is 11.5. The molecule has 0 spiro atoms. The van der Waals surface area contributed by atoms with Crippen molar-refractivity contribution in [3.8, 4) is 51.0 Å². The van der Waals surface area contributed by atoms with Crippen molar-refractivity contribution in [3.05, 3.63) is 170 Å². The zero-order valence-corrected chi connectivity index (χ0v) is 26.2. The van der Waals surface area contributed by atoms with Gasteiger partial charge in [-0.3, -0.25) is 0 Å². The third-order valence-electron chi connectivity index (χ3n) is 8.93. The molecule has 10 aromatic rings. The van der Waals surface area contributed by atoms with Gasteiger partial charge in [-0.2, -0.15) is 0 Å². The fourth-order valence-corrected chi connectivity index (χ4v) is 6.68. The van der Waals surface area contributed by atoms with Gasteiger partial charge in [0.05, 0.1) is 33.1 Å². The molecule has 5 nitrogen and oxygen atoms in total. The van der Waals surface area contributed by atoms with E-state index >= 15 is 0 Å². The number of benzene rings is 7. The van der Waals surface area contributed by atoms with E-state index in [4.69, 9.17) is 30.3 Å². The van der Waals surface area contributed by atoms with Gasteiger partial charge in [0, 0.05) is 32.8 Å². The van der Waals surface area contributed by atoms with Crippen LogP contribution in [0.15, 0.2) is 174 Å². The van der Waals surface area contributed by atoms with E-state index in [1.165, 1.54) is 4.57 Å². The van der Waals surface area contributed by atoms with Gasteiger partial charge in [0.15, 0.2) is 17.5 Å². The lowest BCUT2D eigenvalue weighted by Gasteiger charge is -2.12. The number of furan rings is 1. The molecule has 10 rings (SSSR count). The van der Waals surface area contributed by atoms with Crippen molar-refractivity contribution < 1.29 is 15.4 Å². The quantitative estimate of drug-likeness (QED) is 0.186. The second-order valence-corrected chi connectivity index (χ2v) is 11.8. The van der Waals surface area contributed by atoms with Crippen molar-refractivity contribution in [2.45, 2.75) is 0 Å². The summed E-state index contributed by atoms with van der Waals surface area (Å²) in [5, 5.41) is 1.27. The molecule has 0 atom stereocenters. The molecule has 0 saturated carbocycles. The lowest BCUT2D eigenvalue weighted by atomic mass is 9.99. The molecule has 234 valence electrons. The molecule has 3 aromatic heterocycles. The Morgan fingerprint density at radius 1 is 0.460 bits per heavy atom. The lowest BCUT2D eigenvalue weighted by molar-refractivity contribution is 0.669. The number of rotatable bonds is 5. The average Bonchev–Trinajstić information content (AvgIpc) is 3.83. The SMILES string of the molecule is [2H]c1c([2H])c([2H])c2c(c1[2H])c1c([2H])c([2H])c([2H])c([2H])c1n2-c1cccc2oc3cc(-c4nc(-c5ccccc5)nc(-c5ccccc5-c5ccccc5)n4)ccc3c12. The molecule has 7 aromatic carbocycles. The van der Waals surface area contributed by atoms with Crippen LogP contribution in [0.3, 0.4) is 0 Å². The van der Waals surface area contributed by atoms with Crippen LogP contribution in [0.5, 0.6) is 0 Å². The molecule has 50 heavy (non-hydrogen) atoms. The van der Waals surface area contributed by atoms with Gasteiger partial charge in [0.25, 0.3) is 0 Å². The van der Waals surface area contributed by atoms with Gasteiger partial charge >= 0.3 is 0 Å². The Bertz CT molecular complexity index is 3250. The molecular weight excluding hydrogens is 613 g/mol. The number of fused-ring (bicyclic) bond motifs is 6. The molecular formula is C45H28N4O. The van der Waals surface area contributed by atoms with Crippen LogP contribution < -0.4 is 0 Å². The predicted molar refractivity (Wildman–Crippen MR) is 203 cm³/mol. The summed E-state index contributed by atoms with van der Waals surface area (Å²) >= 11 is 0. The maximum Gasteiger partial charge on any atom is 0.164 e. The maximum absolute atomic E-state index is 9.00. The highest BCUT2D eigenvalue weighted by atomic mass is 16.3. The third-order valence-corrected chi connectivity index (χ3v) is 8.93. The fourth-order valence-electron chi connectivity index (χ4n) is 6.68. The monoisotopic (exact) mass is 648 g/mol. The molecule has 0 fully saturated rings. The molecule has 0 N–H and O–H groups in total. The van der Waals surface area contributed by atoms with Crippen molar-refractivity contribution in [1.29, 1.82) is 0 Å². The number of nitrogens with zero attached hydrogens (tertiary/aromatic N) is 4. The van der Waals surface area contributed by atoms with Crippen LogP contribution in [0.2, 0.25) is 0 Å². The van der Waals surface area contributed by atoms with Crippen molar-refractivity contribution in [3.63, 3.8) is 0 Å². The summed E-state index contributed by atoms with van der Waals surface area (Å²) in [6, 6.07) is 35.1. The minimum atomic E-state index is -0.496. The van der Waals surface area contributed by atoms with Crippen LogP contribution in [0.4, 0.5) is 0 Å². The molecule has 0 aliphatic heterocycles. The highest BCUT2D eigenvalue weighted by Crippen LogP contribution is 2.40. The molecule has 3 heterocycles. The van der Waals surface area contributed by atoms with Gasteiger partial charge in [0.2, 0.25) is 0 Å². The lowest BCUT2D eigenvalue weighted by Crippen LogP contribution is -2.01. The summed E-state index contributed by atoms with van der Waals surface area (Å²) in [7, 11) is 0. The van der Waals surface area contributed by atoms with E-state index in [1.807, 2.05) is 103 Å². The normalized spacial score (nSPS) is 13.8. The molecule has 0 unspecified atom stereocenters. The van der Waals surface area contributed by atoms with Gasteiger partial charge in [-0.25, -0.2) is 15.0 Å². The molecule has 5 heteroatoms. The van der Waals surface area contributed by atoms with E-state index in [2.05, 4.69) is 0 Å². The first-order valence-corrected chi connectivity index (χ1v) is 16.1. The van der Waals surface area contributed by atoms with Crippen LogP contribution in [0.25, 0.3) is 94.7 Å². The summed E-state index contributed by atoms with van der Waals surface area (Å²) in [5.41, 5.74) is 5.75. The first kappa shape index (κ1) is 21.2. The van der Waals surface area contributed by atoms with Gasteiger partial charge in [-0.1, -0.05) is 133 Å². The zero-order valence-electron chi connectivity index (χ0n) is 34.2. The van der Waals surface area contributed by atoms with Crippen LogP contribution in [-0.4, -0.2) is 19.5 Å². The Kier molecular flexibility index (Phi) is 4.83. The number of hydrogen-bond acceptors (Lipinski definition) is 4. The zero-order chi connectivity index (χ0) is 40.0. The number of aromatic nitrogens is 4. The first-order chi connectivity index (χ1) is 28.1. The number of para-hydroxylation sites is 2. The van der Waals surface area contributed by atoms with Crippen LogP contribution in [0.1, 0.15) is 11.0 Å². The van der Waals surface area contributed by atoms with E-state index < -0.39 is 36.3 Å². The second-order valence-electron chi connectivity index (χ2n) is 11.8. The van der Waals surface area contributed by atoms with Gasteiger partial charge in [-0.05, 0) is 47.5 Å². The highest BCUT2D eigenvalue weighted by Gasteiger charge is 2.20. The highest BCUT2D eigenvalue weighted by molar-refractivity contribution is 6.14. The van der Waals surface area contributed by atoms with Crippen molar-refractivity contribution in [1.82, 2.24) is 19.5 Å². The second kappa shape index (κ2) is 11.4. The summed E-state index contributed by atoms with van der Waals surface area (Å²) in [6.07, 6.45) is 0. The molecule has 0 saturated heterocycles. The molecule has 0 amide bonds. The minimum Gasteiger partial charge on any atom is -0.456 e. The average molecular weight is 649 g/mol. The summed E-state index contributed by atoms with van der Waals surface area (Å²) in [4.78, 5) is 14.9. The molecule has 0 radical (unpaired) electrons. The van der Waals surface area contributed by atoms with E-state index in [1.54, 1.807) is 18.2 Å². The van der Waals surface area contributed by atoms with Crippen molar-refractivity contribution in [2.24, 2.45) is 0 Å². The Morgan fingerprint density at radius 3 is 1.78 bits per heavy atom. The first-order valence-electron chi connectivity index (χ1n) is 20.1. The largest absolute Gasteiger partial charge is 0.456 e. The van der Waals surface area contributed by atoms with Gasteiger partial charge in [-0.15, -0.1) is 0 Å². The Morgan fingerprint density at radius 2 is 1.06 bits per heavy atom. The smallest absolute Gasteiger partial charge is 0.164 e. The maximum atomic E-state index is 9.00. The Labute approximate surface area is 299 Å². The standard InChI is InChI=1S/C45H28N4O/c1-3-14-29(15-4-1)32-18-7-8-21-35(32)45-47-43(30-16-5-2-6-17-30)46-44(48-45)31-26-27-36-41(28-31)50-40-25-13-24-39(42(36)40)49-37-22-11-9-19-33(37)34-20-10-12-23-38(34)49/h1-28H/i9D,10D,11D,12D,19D,20D,22D,23D. The molecule has 0 bridgehead atoms. The van der Waals surface area contributed by atoms with E-state index in [0.29, 0.717) is 50.7 Å². The number of hydrogen-bond donors (Lipinski definition) is 0. The van der Waals surface area contributed by atoms with Crippen molar-refractivity contribution >= 4 is 43.7 Å². The van der Waals surface area contributed by atoms with E-state index in [0.717, 1.165) is 22.3 Å². The summed E-state index contributed by atoms with van der Waals surface area (Å²) in [6.45, 7) is 0. The van der Waals surface area contributed by atoms with E-state index in [9.17, 15) is 0 Å². The Hall–Kier alpha value is -6.85. The van der Waals surface area contributed by atoms with E-state index in [-0.39, 0.29) is 33.9 Å². The molecule has 0 aliphatic rings. The molecule has 0 aliphatic carbocycles. The van der Waals surface area contributed by atoms with Crippen molar-refractivity contribution in [2.75, 3.05) is 0 Å². The summed E-state index contributed by atoms with van der Waals surface area (Å²) in [5.74, 6) is 1.41. The van der Waals surface area contributed by atoms with Gasteiger partial charge < -0.3 is 8.98 Å². The minimum absolute atomic E-state index is 0.00814. The fraction of sp³-hybridized carbons (Fsp3) is 0. The van der Waals surface area contributed by atoms with Gasteiger partial charge in [0.1, 0.15) is 11.2 Å². The summed E-state index contributed by atoms with van der Waals surface area (Å²) < 4.78 is 77.7.